The summed E-state index contributed by atoms with van der Waals surface area (Å²) in [6.07, 6.45) is 5.67. The molecule has 0 aromatic heterocycles. The summed E-state index contributed by atoms with van der Waals surface area (Å²) in [4.78, 5) is 5.09. The molecule has 1 aliphatic rings. The predicted octanol–water partition coefficient (Wildman–Crippen LogP) is 9.91. The molecular formula is C41H39N3. The van der Waals surface area contributed by atoms with Crippen LogP contribution >= 0.6 is 0 Å². The third kappa shape index (κ3) is 6.90. The summed E-state index contributed by atoms with van der Waals surface area (Å²) >= 11 is 0. The summed E-state index contributed by atoms with van der Waals surface area (Å²) in [5.74, 6) is 1.26. The fourth-order valence-corrected chi connectivity index (χ4v) is 5.69. The van der Waals surface area contributed by atoms with E-state index in [-0.39, 0.29) is 12.1 Å². The van der Waals surface area contributed by atoms with Gasteiger partial charge in [0.15, 0.2) is 0 Å². The first-order valence-electron chi connectivity index (χ1n) is 15.5. The van der Waals surface area contributed by atoms with Gasteiger partial charge in [-0.1, -0.05) is 148 Å². The lowest BCUT2D eigenvalue weighted by Gasteiger charge is -2.28. The minimum absolute atomic E-state index is 0.0706. The normalized spacial score (nSPS) is 16.2. The molecule has 1 aliphatic heterocycles. The summed E-state index contributed by atoms with van der Waals surface area (Å²) in [6, 6.07) is 51.0. The predicted molar refractivity (Wildman–Crippen MR) is 186 cm³/mol. The number of dihydropyridines is 1. The van der Waals surface area contributed by atoms with Gasteiger partial charge in [-0.2, -0.15) is 0 Å². The molecule has 2 N–H and O–H groups in total. The Bertz CT molecular complexity index is 1740. The van der Waals surface area contributed by atoms with E-state index < -0.39 is 0 Å². The average Bonchev–Trinajstić information content (AvgIpc) is 3.11. The summed E-state index contributed by atoms with van der Waals surface area (Å²) < 4.78 is 0. The van der Waals surface area contributed by atoms with Gasteiger partial charge in [0.2, 0.25) is 0 Å². The van der Waals surface area contributed by atoms with Crippen LogP contribution in [0.1, 0.15) is 60.2 Å². The van der Waals surface area contributed by atoms with Gasteiger partial charge in [-0.15, -0.1) is 0 Å². The Morgan fingerprint density at radius 2 is 1.34 bits per heavy atom. The van der Waals surface area contributed by atoms with Crippen molar-refractivity contribution in [2.24, 2.45) is 10.9 Å². The van der Waals surface area contributed by atoms with Crippen LogP contribution in [0.25, 0.3) is 11.3 Å². The zero-order chi connectivity index (χ0) is 30.1. The van der Waals surface area contributed by atoms with Crippen LogP contribution in [0, 0.1) is 5.92 Å². The molecule has 0 radical (unpaired) electrons. The summed E-state index contributed by atoms with van der Waals surface area (Å²) in [6.45, 7) is 4.58. The SMILES string of the molecule is CCC(C)C(N/C(=N\c1ccccc1)c1ccccc1)c1cccc(C2=CC(c3ccccc3)NC(c3ccccc3)=C2)c1. The summed E-state index contributed by atoms with van der Waals surface area (Å²) in [5, 5.41) is 7.66. The maximum atomic E-state index is 5.09. The number of aliphatic imine (C=N–C) groups is 1. The number of para-hydroxylation sites is 1. The fraction of sp³-hybridized carbons (Fsp3) is 0.146. The molecule has 6 rings (SSSR count). The monoisotopic (exact) mass is 573 g/mol. The van der Waals surface area contributed by atoms with Gasteiger partial charge < -0.3 is 10.6 Å². The van der Waals surface area contributed by atoms with Crippen LogP contribution in [0.15, 0.2) is 163 Å². The number of rotatable bonds is 9. The topological polar surface area (TPSA) is 36.4 Å². The number of nitrogens with zero attached hydrogens (tertiary/aromatic N) is 1. The molecule has 0 fully saturated rings. The molecular weight excluding hydrogens is 534 g/mol. The number of amidine groups is 1. The van der Waals surface area contributed by atoms with E-state index in [1.807, 2.05) is 36.4 Å². The van der Waals surface area contributed by atoms with Gasteiger partial charge in [0.1, 0.15) is 5.84 Å². The van der Waals surface area contributed by atoms with Crippen LogP contribution in [0.2, 0.25) is 0 Å². The van der Waals surface area contributed by atoms with Gasteiger partial charge in [-0.25, -0.2) is 4.99 Å². The number of benzene rings is 5. The molecule has 5 aromatic rings. The van der Waals surface area contributed by atoms with Gasteiger partial charge in [-0.05, 0) is 64.1 Å². The molecule has 44 heavy (non-hydrogen) atoms. The molecule has 3 nitrogen and oxygen atoms in total. The standard InChI is InChI=1S/C41H39N3/c1-3-30(2)40(44-41(33-21-12-6-13-22-33)42-37-25-14-7-15-26-37)35-24-16-23-34(27-35)36-28-38(31-17-8-4-9-18-31)43-39(29-36)32-19-10-5-11-20-32/h4-30,38,40,43H,3H2,1-2H3,(H,42,44). The average molecular weight is 574 g/mol. The van der Waals surface area contributed by atoms with Crippen LogP contribution < -0.4 is 10.6 Å². The molecule has 0 spiro atoms. The van der Waals surface area contributed by atoms with Gasteiger partial charge in [0, 0.05) is 11.3 Å². The Labute approximate surface area is 261 Å². The molecule has 3 unspecified atom stereocenters. The van der Waals surface area contributed by atoms with E-state index in [9.17, 15) is 0 Å². The van der Waals surface area contributed by atoms with E-state index in [0.717, 1.165) is 29.2 Å². The van der Waals surface area contributed by atoms with E-state index in [1.165, 1.54) is 27.8 Å². The van der Waals surface area contributed by atoms with Crippen LogP contribution in [-0.2, 0) is 0 Å². The number of hydrogen-bond donors (Lipinski definition) is 2. The van der Waals surface area contributed by atoms with Crippen LogP contribution in [-0.4, -0.2) is 5.84 Å². The first-order chi connectivity index (χ1) is 21.7. The van der Waals surface area contributed by atoms with E-state index in [0.29, 0.717) is 5.92 Å². The van der Waals surface area contributed by atoms with E-state index >= 15 is 0 Å². The lowest BCUT2D eigenvalue weighted by molar-refractivity contribution is 0.423. The Kier molecular flexibility index (Phi) is 9.13. The quantitative estimate of drug-likeness (QED) is 0.136. The van der Waals surface area contributed by atoms with Crippen molar-refractivity contribution < 1.29 is 0 Å². The zero-order valence-electron chi connectivity index (χ0n) is 25.4. The smallest absolute Gasteiger partial charge is 0.134 e. The molecule has 1 heterocycles. The molecule has 0 saturated heterocycles. The minimum atomic E-state index is 0.0706. The highest BCUT2D eigenvalue weighted by Crippen LogP contribution is 2.34. The molecule has 5 aromatic carbocycles. The number of allylic oxidation sites excluding steroid dienone is 2. The minimum Gasteiger partial charge on any atom is -0.374 e. The van der Waals surface area contributed by atoms with Gasteiger partial charge in [0.25, 0.3) is 0 Å². The van der Waals surface area contributed by atoms with Crippen molar-refractivity contribution in [2.75, 3.05) is 0 Å². The highest BCUT2D eigenvalue weighted by atomic mass is 15.0. The lowest BCUT2D eigenvalue weighted by Crippen LogP contribution is -2.33. The third-order valence-corrected chi connectivity index (χ3v) is 8.33. The molecule has 0 amide bonds. The second kappa shape index (κ2) is 13.9. The fourth-order valence-electron chi connectivity index (χ4n) is 5.69. The summed E-state index contributed by atoms with van der Waals surface area (Å²) in [7, 11) is 0. The highest BCUT2D eigenvalue weighted by Gasteiger charge is 2.23. The molecule has 0 saturated carbocycles. The Balaban J connectivity index is 1.39. The molecule has 3 heteroatoms. The second-order valence-corrected chi connectivity index (χ2v) is 11.4. The molecule has 0 aliphatic carbocycles. The number of hydrogen-bond acceptors (Lipinski definition) is 2. The van der Waals surface area contributed by atoms with Gasteiger partial charge in [-0.3, -0.25) is 0 Å². The molecule has 218 valence electrons. The molecule has 3 atom stereocenters. The second-order valence-electron chi connectivity index (χ2n) is 11.4. The third-order valence-electron chi connectivity index (χ3n) is 8.33. The van der Waals surface area contributed by atoms with E-state index in [1.54, 1.807) is 0 Å². The van der Waals surface area contributed by atoms with Crippen molar-refractivity contribution in [3.05, 3.63) is 186 Å². The first kappa shape index (κ1) is 28.9. The van der Waals surface area contributed by atoms with Crippen LogP contribution in [0.3, 0.4) is 0 Å². The first-order valence-corrected chi connectivity index (χ1v) is 15.5. The Hall–Kier alpha value is -5.15. The van der Waals surface area contributed by atoms with Crippen molar-refractivity contribution in [3.63, 3.8) is 0 Å². The summed E-state index contributed by atoms with van der Waals surface area (Å²) in [5.41, 5.74) is 9.21. The maximum Gasteiger partial charge on any atom is 0.134 e. The van der Waals surface area contributed by atoms with Crippen molar-refractivity contribution in [1.29, 1.82) is 0 Å². The van der Waals surface area contributed by atoms with Crippen LogP contribution in [0.5, 0.6) is 0 Å². The van der Waals surface area contributed by atoms with Crippen molar-refractivity contribution >= 4 is 22.8 Å². The van der Waals surface area contributed by atoms with Gasteiger partial charge >= 0.3 is 0 Å². The molecule has 0 bridgehead atoms. The largest absolute Gasteiger partial charge is 0.374 e. The zero-order valence-corrected chi connectivity index (χ0v) is 25.4. The van der Waals surface area contributed by atoms with Crippen molar-refractivity contribution in [2.45, 2.75) is 32.4 Å². The maximum absolute atomic E-state index is 5.09. The van der Waals surface area contributed by atoms with E-state index in [4.69, 9.17) is 4.99 Å². The Morgan fingerprint density at radius 1 is 0.727 bits per heavy atom. The lowest BCUT2D eigenvalue weighted by atomic mass is 9.88. The number of nitrogens with one attached hydrogen (secondary N) is 2. The van der Waals surface area contributed by atoms with Gasteiger partial charge in [0.05, 0.1) is 17.8 Å². The Morgan fingerprint density at radius 3 is 2.02 bits per heavy atom. The van der Waals surface area contributed by atoms with Crippen LogP contribution in [0.4, 0.5) is 5.69 Å². The highest BCUT2D eigenvalue weighted by molar-refractivity contribution is 6.00. The van der Waals surface area contributed by atoms with E-state index in [2.05, 4.69) is 146 Å². The van der Waals surface area contributed by atoms with Crippen molar-refractivity contribution in [1.82, 2.24) is 10.6 Å². The van der Waals surface area contributed by atoms with Crippen molar-refractivity contribution in [3.8, 4) is 0 Å².